The van der Waals surface area contributed by atoms with Gasteiger partial charge in [-0.3, -0.25) is 9.59 Å². The summed E-state index contributed by atoms with van der Waals surface area (Å²) in [6.07, 6.45) is 2.54. The molecule has 2 atom stereocenters. The van der Waals surface area contributed by atoms with Crippen molar-refractivity contribution in [2.45, 2.75) is 32.2 Å². The molecular weight excluding hydrogens is 228 g/mol. The first-order chi connectivity index (χ1) is 8.56. The molecule has 1 aromatic carbocycles. The molecular formula is C14H18N2O2. The lowest BCUT2D eigenvalue weighted by Gasteiger charge is -2.10. The van der Waals surface area contributed by atoms with E-state index in [9.17, 15) is 9.59 Å². The molecule has 0 saturated heterocycles. The molecule has 18 heavy (non-hydrogen) atoms. The van der Waals surface area contributed by atoms with Crippen LogP contribution in [0.2, 0.25) is 0 Å². The van der Waals surface area contributed by atoms with E-state index >= 15 is 0 Å². The predicted octanol–water partition coefficient (Wildman–Crippen LogP) is 1.96. The summed E-state index contributed by atoms with van der Waals surface area (Å²) in [6, 6.07) is 7.10. The quantitative estimate of drug-likeness (QED) is 0.801. The highest BCUT2D eigenvalue weighted by Gasteiger charge is 2.27. The highest BCUT2D eigenvalue weighted by molar-refractivity contribution is 5.96. The van der Waals surface area contributed by atoms with Crippen molar-refractivity contribution in [3.63, 3.8) is 0 Å². The highest BCUT2D eigenvalue weighted by atomic mass is 16.2. The van der Waals surface area contributed by atoms with Crippen LogP contribution in [-0.2, 0) is 4.79 Å². The number of carbonyl (C=O) groups is 2. The van der Waals surface area contributed by atoms with Crippen LogP contribution in [0.15, 0.2) is 24.3 Å². The minimum atomic E-state index is 0.0208. The third-order valence-electron chi connectivity index (χ3n) is 3.40. The van der Waals surface area contributed by atoms with E-state index in [1.165, 1.54) is 6.92 Å². The second kappa shape index (κ2) is 5.31. The van der Waals surface area contributed by atoms with Gasteiger partial charge in [0.1, 0.15) is 0 Å². The maximum Gasteiger partial charge on any atom is 0.227 e. The van der Waals surface area contributed by atoms with Crippen molar-refractivity contribution >= 4 is 17.4 Å². The van der Waals surface area contributed by atoms with Crippen molar-refractivity contribution < 1.29 is 9.59 Å². The van der Waals surface area contributed by atoms with E-state index in [2.05, 4.69) is 5.32 Å². The second-order valence-electron chi connectivity index (χ2n) is 4.89. The lowest BCUT2D eigenvalue weighted by molar-refractivity contribution is -0.119. The normalized spacial score (nSPS) is 22.8. The lowest BCUT2D eigenvalue weighted by Crippen LogP contribution is -2.23. The van der Waals surface area contributed by atoms with E-state index < -0.39 is 0 Å². The van der Waals surface area contributed by atoms with Gasteiger partial charge in [0.15, 0.2) is 5.78 Å². The number of amides is 1. The molecule has 0 bridgehead atoms. The molecule has 4 nitrogen and oxygen atoms in total. The van der Waals surface area contributed by atoms with Crippen LogP contribution in [-0.4, -0.2) is 17.7 Å². The predicted molar refractivity (Wildman–Crippen MR) is 70.4 cm³/mol. The molecule has 0 radical (unpaired) electrons. The Morgan fingerprint density at radius 3 is 2.39 bits per heavy atom. The number of Topliss-reactive ketones (excluding diaryl/α,β-unsaturated/α-hetero) is 1. The fourth-order valence-electron chi connectivity index (χ4n) is 2.29. The number of benzene rings is 1. The van der Waals surface area contributed by atoms with Crippen molar-refractivity contribution in [2.24, 2.45) is 11.7 Å². The Hall–Kier alpha value is -1.68. The van der Waals surface area contributed by atoms with Crippen LogP contribution >= 0.6 is 0 Å². The van der Waals surface area contributed by atoms with E-state index in [0.717, 1.165) is 24.9 Å². The van der Waals surface area contributed by atoms with Gasteiger partial charge in [0, 0.05) is 23.2 Å². The largest absolute Gasteiger partial charge is 0.328 e. The van der Waals surface area contributed by atoms with Crippen molar-refractivity contribution in [2.75, 3.05) is 5.32 Å². The monoisotopic (exact) mass is 246 g/mol. The average Bonchev–Trinajstić information content (AvgIpc) is 2.76. The Balaban J connectivity index is 1.97. The molecule has 1 aliphatic carbocycles. The molecule has 4 heteroatoms. The maximum absolute atomic E-state index is 11.9. The fraction of sp³-hybridized carbons (Fsp3) is 0.429. The standard InChI is InChI=1S/C14H18N2O2/c1-9(17)10-3-6-13(7-4-10)16-14(18)11-2-5-12(15)8-11/h3-4,6-7,11-12H,2,5,8,15H2,1H3,(H,16,18). The summed E-state index contributed by atoms with van der Waals surface area (Å²) >= 11 is 0. The number of anilines is 1. The number of nitrogens with one attached hydrogen (secondary N) is 1. The number of ketones is 1. The summed E-state index contributed by atoms with van der Waals surface area (Å²) in [5.74, 6) is 0.0700. The van der Waals surface area contributed by atoms with Crippen LogP contribution in [0.3, 0.4) is 0 Å². The van der Waals surface area contributed by atoms with E-state index in [1.54, 1.807) is 24.3 Å². The Bertz CT molecular complexity index is 453. The molecule has 1 saturated carbocycles. The van der Waals surface area contributed by atoms with Gasteiger partial charge in [-0.25, -0.2) is 0 Å². The number of hydrogen-bond acceptors (Lipinski definition) is 3. The van der Waals surface area contributed by atoms with E-state index in [1.807, 2.05) is 0 Å². The molecule has 0 heterocycles. The van der Waals surface area contributed by atoms with Crippen molar-refractivity contribution in [1.82, 2.24) is 0 Å². The van der Waals surface area contributed by atoms with Crippen molar-refractivity contribution in [3.05, 3.63) is 29.8 Å². The van der Waals surface area contributed by atoms with Crippen molar-refractivity contribution in [3.8, 4) is 0 Å². The minimum Gasteiger partial charge on any atom is -0.328 e. The van der Waals surface area contributed by atoms with Crippen LogP contribution in [0.1, 0.15) is 36.5 Å². The number of rotatable bonds is 3. The Morgan fingerprint density at radius 1 is 1.22 bits per heavy atom. The van der Waals surface area contributed by atoms with E-state index in [-0.39, 0.29) is 23.7 Å². The molecule has 3 N–H and O–H groups in total. The van der Waals surface area contributed by atoms with Gasteiger partial charge in [0.2, 0.25) is 5.91 Å². The van der Waals surface area contributed by atoms with Crippen LogP contribution in [0.4, 0.5) is 5.69 Å². The average molecular weight is 246 g/mol. The SMILES string of the molecule is CC(=O)c1ccc(NC(=O)C2CCC(N)C2)cc1. The lowest BCUT2D eigenvalue weighted by atomic mass is 10.1. The Kier molecular flexibility index (Phi) is 3.77. The summed E-state index contributed by atoms with van der Waals surface area (Å²) in [5, 5.41) is 2.86. The molecule has 0 aliphatic heterocycles. The van der Waals surface area contributed by atoms with Gasteiger partial charge in [0.05, 0.1) is 0 Å². The summed E-state index contributed by atoms with van der Waals surface area (Å²) in [7, 11) is 0. The zero-order valence-corrected chi connectivity index (χ0v) is 10.5. The molecule has 2 rings (SSSR count). The molecule has 1 aromatic rings. The summed E-state index contributed by atoms with van der Waals surface area (Å²) in [4.78, 5) is 23.1. The maximum atomic E-state index is 11.9. The third kappa shape index (κ3) is 2.96. The topological polar surface area (TPSA) is 72.2 Å². The molecule has 1 aliphatic rings. The molecule has 0 spiro atoms. The minimum absolute atomic E-state index is 0.0208. The van der Waals surface area contributed by atoms with Crippen LogP contribution < -0.4 is 11.1 Å². The smallest absolute Gasteiger partial charge is 0.227 e. The first-order valence-electron chi connectivity index (χ1n) is 6.23. The molecule has 2 unspecified atom stereocenters. The van der Waals surface area contributed by atoms with Crippen LogP contribution in [0, 0.1) is 5.92 Å². The molecule has 96 valence electrons. The summed E-state index contributed by atoms with van der Waals surface area (Å²) in [5.41, 5.74) is 7.17. The molecule has 1 fully saturated rings. The van der Waals surface area contributed by atoms with Gasteiger partial charge < -0.3 is 11.1 Å². The third-order valence-corrected chi connectivity index (χ3v) is 3.40. The van der Waals surface area contributed by atoms with Gasteiger partial charge in [0.25, 0.3) is 0 Å². The van der Waals surface area contributed by atoms with Crippen LogP contribution in [0.25, 0.3) is 0 Å². The number of carbonyl (C=O) groups excluding carboxylic acids is 2. The highest BCUT2D eigenvalue weighted by Crippen LogP contribution is 2.25. The Labute approximate surface area is 107 Å². The van der Waals surface area contributed by atoms with E-state index in [4.69, 9.17) is 5.73 Å². The second-order valence-corrected chi connectivity index (χ2v) is 4.89. The molecule has 1 amide bonds. The zero-order chi connectivity index (χ0) is 13.1. The fourth-order valence-corrected chi connectivity index (χ4v) is 2.29. The van der Waals surface area contributed by atoms with Gasteiger partial charge in [-0.05, 0) is 50.5 Å². The van der Waals surface area contributed by atoms with E-state index in [0.29, 0.717) is 5.56 Å². The van der Waals surface area contributed by atoms with Gasteiger partial charge >= 0.3 is 0 Å². The first kappa shape index (κ1) is 12.8. The summed E-state index contributed by atoms with van der Waals surface area (Å²) < 4.78 is 0. The van der Waals surface area contributed by atoms with Gasteiger partial charge in [-0.15, -0.1) is 0 Å². The zero-order valence-electron chi connectivity index (χ0n) is 10.5. The van der Waals surface area contributed by atoms with Gasteiger partial charge in [-0.2, -0.15) is 0 Å². The number of hydrogen-bond donors (Lipinski definition) is 2. The summed E-state index contributed by atoms with van der Waals surface area (Å²) in [6.45, 7) is 1.52. The van der Waals surface area contributed by atoms with Crippen LogP contribution in [0.5, 0.6) is 0 Å². The first-order valence-corrected chi connectivity index (χ1v) is 6.23. The van der Waals surface area contributed by atoms with Gasteiger partial charge in [-0.1, -0.05) is 0 Å². The number of nitrogens with two attached hydrogens (primary N) is 1. The Morgan fingerprint density at radius 2 is 1.89 bits per heavy atom. The van der Waals surface area contributed by atoms with Crippen molar-refractivity contribution in [1.29, 1.82) is 0 Å². The molecule has 0 aromatic heterocycles.